The number of hydrogen-bond donors (Lipinski definition) is 4. The summed E-state index contributed by atoms with van der Waals surface area (Å²) >= 11 is 0. The van der Waals surface area contributed by atoms with E-state index in [2.05, 4.69) is 6.58 Å². The Morgan fingerprint density at radius 3 is 2.60 bits per heavy atom. The Balaban J connectivity index is 1.71. The zero-order chi connectivity index (χ0) is 21.9. The SMILES string of the molecule is C=C1C(=O)[C@]23[C@H](O)[C@H]1CC[C@H]2[C@@]12COC3(O)[C@@H](O)[C@@H]1[C@](C)(COC(C)=O)CC[C@H]2O. The van der Waals surface area contributed by atoms with Gasteiger partial charge in [-0.3, -0.25) is 9.59 Å². The Labute approximate surface area is 174 Å². The van der Waals surface area contributed by atoms with Gasteiger partial charge >= 0.3 is 5.97 Å². The smallest absolute Gasteiger partial charge is 0.302 e. The quantitative estimate of drug-likeness (QED) is 0.359. The molecule has 8 nitrogen and oxygen atoms in total. The fourth-order valence-corrected chi connectivity index (χ4v) is 8.16. The van der Waals surface area contributed by atoms with Crippen molar-refractivity contribution in [1.29, 1.82) is 0 Å². The van der Waals surface area contributed by atoms with Gasteiger partial charge in [-0.25, -0.2) is 0 Å². The summed E-state index contributed by atoms with van der Waals surface area (Å²) < 4.78 is 11.1. The molecule has 0 aromatic rings. The van der Waals surface area contributed by atoms with Crippen molar-refractivity contribution in [3.05, 3.63) is 12.2 Å². The molecule has 0 aromatic carbocycles. The Bertz CT molecular complexity index is 841. The summed E-state index contributed by atoms with van der Waals surface area (Å²) in [4.78, 5) is 25.0. The van der Waals surface area contributed by atoms with Crippen molar-refractivity contribution in [1.82, 2.24) is 0 Å². The maximum absolute atomic E-state index is 13.5. The van der Waals surface area contributed by atoms with Gasteiger partial charge in [0, 0.05) is 29.6 Å². The van der Waals surface area contributed by atoms with Crippen LogP contribution in [-0.4, -0.2) is 69.5 Å². The number of rotatable bonds is 2. The lowest BCUT2D eigenvalue weighted by Crippen LogP contribution is -2.86. The van der Waals surface area contributed by atoms with Crippen LogP contribution in [0.4, 0.5) is 0 Å². The lowest BCUT2D eigenvalue weighted by Gasteiger charge is -2.74. The highest BCUT2D eigenvalue weighted by Crippen LogP contribution is 2.76. The van der Waals surface area contributed by atoms with Gasteiger partial charge in [0.2, 0.25) is 5.79 Å². The number of hydrogen-bond acceptors (Lipinski definition) is 8. The molecule has 4 aliphatic carbocycles. The molecule has 2 saturated heterocycles. The number of carbonyl (C=O) groups excluding carboxylic acids is 2. The minimum Gasteiger partial charge on any atom is -0.465 e. The first-order chi connectivity index (χ1) is 14.0. The summed E-state index contributed by atoms with van der Waals surface area (Å²) in [7, 11) is 0. The number of esters is 1. The van der Waals surface area contributed by atoms with Gasteiger partial charge in [-0.15, -0.1) is 0 Å². The number of fused-ring (bicyclic) bond motifs is 2. The highest BCUT2D eigenvalue weighted by atomic mass is 16.6. The average molecular weight is 422 g/mol. The van der Waals surface area contributed by atoms with Crippen LogP contribution in [0, 0.1) is 34.0 Å². The van der Waals surface area contributed by atoms with E-state index in [9.17, 15) is 30.0 Å². The highest BCUT2D eigenvalue weighted by molar-refractivity contribution is 6.05. The van der Waals surface area contributed by atoms with Crippen LogP contribution in [-0.2, 0) is 19.1 Å². The van der Waals surface area contributed by atoms with Crippen LogP contribution < -0.4 is 0 Å². The maximum Gasteiger partial charge on any atom is 0.302 e. The number of aliphatic hydroxyl groups excluding tert-OH is 3. The molecule has 8 heteroatoms. The zero-order valence-electron chi connectivity index (χ0n) is 17.3. The number of ketones is 1. The fraction of sp³-hybridized carbons (Fsp3) is 0.818. The van der Waals surface area contributed by atoms with E-state index in [1.807, 2.05) is 6.92 Å². The second-order valence-corrected chi connectivity index (χ2v) is 10.4. The van der Waals surface area contributed by atoms with Gasteiger partial charge in [0.05, 0.1) is 25.4 Å². The van der Waals surface area contributed by atoms with E-state index in [1.54, 1.807) is 0 Å². The third-order valence-corrected chi connectivity index (χ3v) is 9.32. The van der Waals surface area contributed by atoms with E-state index in [0.29, 0.717) is 25.7 Å². The van der Waals surface area contributed by atoms with Gasteiger partial charge in [0.1, 0.15) is 11.5 Å². The van der Waals surface area contributed by atoms with Crippen LogP contribution in [0.3, 0.4) is 0 Å². The summed E-state index contributed by atoms with van der Waals surface area (Å²) in [5.74, 6) is -4.96. The van der Waals surface area contributed by atoms with E-state index in [1.165, 1.54) is 6.92 Å². The van der Waals surface area contributed by atoms with Crippen molar-refractivity contribution >= 4 is 11.8 Å². The van der Waals surface area contributed by atoms with Crippen LogP contribution in [0.1, 0.15) is 39.5 Å². The molecule has 4 bridgehead atoms. The molecule has 2 heterocycles. The maximum atomic E-state index is 13.5. The zero-order valence-corrected chi connectivity index (χ0v) is 17.3. The van der Waals surface area contributed by atoms with Crippen molar-refractivity contribution in [3.8, 4) is 0 Å². The molecular formula is C22H30O8. The molecule has 1 unspecified atom stereocenters. The molecule has 2 aliphatic heterocycles. The van der Waals surface area contributed by atoms with Gasteiger partial charge < -0.3 is 29.9 Å². The molecular weight excluding hydrogens is 392 g/mol. The lowest BCUT2D eigenvalue weighted by atomic mass is 9.35. The van der Waals surface area contributed by atoms with Crippen molar-refractivity contribution < 1.29 is 39.5 Å². The minimum absolute atomic E-state index is 0.0279. The van der Waals surface area contributed by atoms with Crippen LogP contribution in [0.15, 0.2) is 12.2 Å². The monoisotopic (exact) mass is 422 g/mol. The van der Waals surface area contributed by atoms with Crippen LogP contribution in [0.5, 0.6) is 0 Å². The number of ether oxygens (including phenoxy) is 2. The van der Waals surface area contributed by atoms with Crippen LogP contribution >= 0.6 is 0 Å². The first kappa shape index (κ1) is 20.6. The Morgan fingerprint density at radius 1 is 1.23 bits per heavy atom. The van der Waals surface area contributed by atoms with Crippen molar-refractivity contribution in [2.75, 3.05) is 13.2 Å². The molecule has 6 fully saturated rings. The first-order valence-electron chi connectivity index (χ1n) is 10.8. The number of aliphatic hydroxyl groups is 4. The van der Waals surface area contributed by atoms with Crippen molar-refractivity contribution in [2.45, 2.75) is 63.6 Å². The molecule has 0 amide bonds. The van der Waals surface area contributed by atoms with Crippen molar-refractivity contribution in [2.24, 2.45) is 34.0 Å². The normalized spacial score (nSPS) is 56.5. The summed E-state index contributed by atoms with van der Waals surface area (Å²) in [6, 6.07) is 0. The molecule has 0 radical (unpaired) electrons. The molecule has 166 valence electrons. The molecule has 30 heavy (non-hydrogen) atoms. The standard InChI is InChI=1S/C22H30O8/c1-10-12-4-5-13-20-9-30-22(28,21(13,16(10)25)17(12)26)18(27)15(20)19(3,7-6-14(20)24)8-29-11(2)23/h12-15,17-18,24,26-28H,1,4-9H2,2-3H3/t12-,13-,14+,15+,17+,18-,19-,20+,21-,22?/m0/s1. The third kappa shape index (κ3) is 1.92. The van der Waals surface area contributed by atoms with E-state index < -0.39 is 69.9 Å². The minimum atomic E-state index is -2.30. The van der Waals surface area contributed by atoms with E-state index in [4.69, 9.17) is 9.47 Å². The average Bonchev–Trinajstić information content (AvgIpc) is 2.80. The summed E-state index contributed by atoms with van der Waals surface area (Å²) in [6.45, 7) is 7.06. The molecule has 2 spiro atoms. The first-order valence-corrected chi connectivity index (χ1v) is 10.8. The van der Waals surface area contributed by atoms with Crippen LogP contribution in [0.25, 0.3) is 0 Å². The summed E-state index contributed by atoms with van der Waals surface area (Å²) in [6.07, 6.45) is -1.78. The van der Waals surface area contributed by atoms with Crippen molar-refractivity contribution in [3.63, 3.8) is 0 Å². The molecule has 4 N–H and O–H groups in total. The predicted octanol–water partition coefficient (Wildman–Crippen LogP) is -0.0812. The molecule has 6 rings (SSSR count). The van der Waals surface area contributed by atoms with Gasteiger partial charge in [-0.1, -0.05) is 13.5 Å². The van der Waals surface area contributed by atoms with E-state index >= 15 is 0 Å². The molecule has 10 atom stereocenters. The highest BCUT2D eigenvalue weighted by Gasteiger charge is 2.87. The second kappa shape index (κ2) is 5.92. The number of Topliss-reactive ketones (excluding diaryl/α,β-unsaturated/α-hetero) is 1. The lowest BCUT2D eigenvalue weighted by molar-refractivity contribution is -0.459. The Hall–Kier alpha value is -1.32. The molecule has 0 aromatic heterocycles. The van der Waals surface area contributed by atoms with Gasteiger partial charge in [0.15, 0.2) is 5.78 Å². The third-order valence-electron chi connectivity index (χ3n) is 9.32. The topological polar surface area (TPSA) is 134 Å². The predicted molar refractivity (Wildman–Crippen MR) is 102 cm³/mol. The Morgan fingerprint density at radius 2 is 1.93 bits per heavy atom. The van der Waals surface area contributed by atoms with Gasteiger partial charge in [-0.05, 0) is 37.2 Å². The Kier molecular flexibility index (Phi) is 4.06. The van der Waals surface area contributed by atoms with Gasteiger partial charge in [-0.2, -0.15) is 0 Å². The summed E-state index contributed by atoms with van der Waals surface area (Å²) in [5, 5.41) is 45.8. The summed E-state index contributed by atoms with van der Waals surface area (Å²) in [5.41, 5.74) is -3.28. The van der Waals surface area contributed by atoms with E-state index in [0.717, 1.165) is 0 Å². The number of carbonyl (C=O) groups is 2. The fourth-order valence-electron chi connectivity index (χ4n) is 8.16. The van der Waals surface area contributed by atoms with E-state index in [-0.39, 0.29) is 18.8 Å². The van der Waals surface area contributed by atoms with Crippen LogP contribution in [0.2, 0.25) is 0 Å². The second-order valence-electron chi connectivity index (χ2n) is 10.4. The largest absolute Gasteiger partial charge is 0.465 e. The molecule has 6 aliphatic rings. The van der Waals surface area contributed by atoms with Gasteiger partial charge in [0.25, 0.3) is 0 Å². The molecule has 4 saturated carbocycles.